The number of methoxy groups -OCH3 is 1. The van der Waals surface area contributed by atoms with E-state index >= 15 is 0 Å². The van der Waals surface area contributed by atoms with Crippen molar-refractivity contribution in [1.82, 2.24) is 0 Å². The van der Waals surface area contributed by atoms with Gasteiger partial charge in [0.05, 0.1) is 7.11 Å². The van der Waals surface area contributed by atoms with E-state index in [0.717, 1.165) is 24.0 Å². The van der Waals surface area contributed by atoms with Gasteiger partial charge in [0, 0.05) is 0 Å². The minimum absolute atomic E-state index is 0.504. The summed E-state index contributed by atoms with van der Waals surface area (Å²) in [6.45, 7) is 4.44. The van der Waals surface area contributed by atoms with E-state index in [0.29, 0.717) is 11.7 Å². The molecule has 0 saturated heterocycles. The van der Waals surface area contributed by atoms with Crippen LogP contribution in [0.3, 0.4) is 0 Å². The van der Waals surface area contributed by atoms with Crippen molar-refractivity contribution in [3.05, 3.63) is 42.0 Å². The number of aryl methyl sites for hydroxylation is 1. The van der Waals surface area contributed by atoms with Gasteiger partial charge in [0.1, 0.15) is 5.75 Å². The first-order chi connectivity index (χ1) is 9.60. The molecule has 20 heavy (non-hydrogen) atoms. The molecule has 0 fully saturated rings. The van der Waals surface area contributed by atoms with Crippen molar-refractivity contribution < 1.29 is 14.3 Å². The number of fused-ring (bicyclic) bond motifs is 1. The van der Waals surface area contributed by atoms with Gasteiger partial charge >= 0.3 is 6.16 Å². The molecule has 2 rings (SSSR count). The van der Waals surface area contributed by atoms with E-state index in [1.54, 1.807) is 6.07 Å². The van der Waals surface area contributed by atoms with Crippen molar-refractivity contribution in [1.29, 1.82) is 0 Å². The fourth-order valence-electron chi connectivity index (χ4n) is 2.18. The zero-order chi connectivity index (χ0) is 14.5. The van der Waals surface area contributed by atoms with Crippen LogP contribution in [0.2, 0.25) is 0 Å². The van der Waals surface area contributed by atoms with Gasteiger partial charge in [0.15, 0.2) is 0 Å². The van der Waals surface area contributed by atoms with Crippen molar-refractivity contribution in [3.8, 4) is 16.9 Å². The zero-order valence-corrected chi connectivity index (χ0v) is 12.2. The van der Waals surface area contributed by atoms with Gasteiger partial charge in [-0.2, -0.15) is 0 Å². The minimum atomic E-state index is -0.695. The van der Waals surface area contributed by atoms with Gasteiger partial charge in [-0.15, -0.1) is 0 Å². The second-order valence-corrected chi connectivity index (χ2v) is 5.29. The average molecular weight is 272 g/mol. The van der Waals surface area contributed by atoms with Gasteiger partial charge in [0.25, 0.3) is 0 Å². The standard InChI is InChI=1S/C17H20O3/c1-12(2)7-8-14-10-9-13-5-4-6-15(11-16(13)14)20-17(18)19-3/h4-6,9-12H,7-8H2,1-3H3. The molecule has 0 N–H and O–H groups in total. The second kappa shape index (κ2) is 6.42. The Bertz CT molecular complexity index is 560. The first-order valence-electron chi connectivity index (χ1n) is 6.87. The summed E-state index contributed by atoms with van der Waals surface area (Å²) in [4.78, 5) is 11.2. The fourth-order valence-corrected chi connectivity index (χ4v) is 2.18. The predicted octanol–water partition coefficient (Wildman–Crippen LogP) is 4.53. The number of carbonyl (C=O) groups is 1. The van der Waals surface area contributed by atoms with Gasteiger partial charge in [0.2, 0.25) is 0 Å². The summed E-state index contributed by atoms with van der Waals surface area (Å²) in [6, 6.07) is 11.8. The summed E-state index contributed by atoms with van der Waals surface area (Å²) in [7, 11) is 1.30. The van der Waals surface area contributed by atoms with Crippen molar-refractivity contribution in [3.63, 3.8) is 0 Å². The Morgan fingerprint density at radius 3 is 2.70 bits per heavy atom. The summed E-state index contributed by atoms with van der Waals surface area (Å²) < 4.78 is 9.65. The molecule has 0 amide bonds. The lowest BCUT2D eigenvalue weighted by Crippen LogP contribution is -2.06. The Morgan fingerprint density at radius 2 is 2.00 bits per heavy atom. The third kappa shape index (κ3) is 3.50. The van der Waals surface area contributed by atoms with Crippen LogP contribution in [-0.2, 0) is 11.2 Å². The maximum absolute atomic E-state index is 11.2. The molecule has 0 spiro atoms. The van der Waals surface area contributed by atoms with Crippen LogP contribution in [-0.4, -0.2) is 13.3 Å². The molecule has 2 aliphatic rings. The summed E-state index contributed by atoms with van der Waals surface area (Å²) in [5.74, 6) is 1.17. The third-order valence-electron chi connectivity index (χ3n) is 3.30. The van der Waals surface area contributed by atoms with Gasteiger partial charge < -0.3 is 9.47 Å². The van der Waals surface area contributed by atoms with Crippen LogP contribution in [0.15, 0.2) is 36.4 Å². The zero-order valence-electron chi connectivity index (χ0n) is 12.2. The van der Waals surface area contributed by atoms with E-state index in [2.05, 4.69) is 30.7 Å². The van der Waals surface area contributed by atoms with E-state index in [1.165, 1.54) is 12.7 Å². The Balaban J connectivity index is 2.29. The van der Waals surface area contributed by atoms with E-state index in [4.69, 9.17) is 4.74 Å². The fraction of sp³-hybridized carbons (Fsp3) is 0.353. The maximum Gasteiger partial charge on any atom is 0.513 e. The number of carbonyl (C=O) groups excluding carboxylic acids is 1. The van der Waals surface area contributed by atoms with Gasteiger partial charge in [-0.25, -0.2) is 4.79 Å². The molecule has 2 aliphatic carbocycles. The molecule has 0 heterocycles. The first-order valence-corrected chi connectivity index (χ1v) is 6.87. The maximum atomic E-state index is 11.2. The number of rotatable bonds is 4. The summed E-state index contributed by atoms with van der Waals surface area (Å²) in [6.07, 6.45) is 1.48. The normalized spacial score (nSPS) is 10.8. The van der Waals surface area contributed by atoms with Crippen LogP contribution in [0.1, 0.15) is 25.8 Å². The molecule has 0 aliphatic heterocycles. The largest absolute Gasteiger partial charge is 0.513 e. The van der Waals surface area contributed by atoms with Crippen molar-refractivity contribution in [2.75, 3.05) is 7.11 Å². The lowest BCUT2D eigenvalue weighted by Gasteiger charge is -2.06. The first kappa shape index (κ1) is 14.4. The van der Waals surface area contributed by atoms with Gasteiger partial charge in [-0.3, -0.25) is 0 Å². The third-order valence-corrected chi connectivity index (χ3v) is 3.30. The highest BCUT2D eigenvalue weighted by molar-refractivity contribution is 5.73. The molecule has 0 aromatic heterocycles. The highest BCUT2D eigenvalue weighted by atomic mass is 16.7. The van der Waals surface area contributed by atoms with Crippen LogP contribution in [0.5, 0.6) is 5.75 Å². The Labute approximate surface area is 119 Å². The van der Waals surface area contributed by atoms with Crippen molar-refractivity contribution in [2.24, 2.45) is 5.92 Å². The lowest BCUT2D eigenvalue weighted by atomic mass is 10.0. The van der Waals surface area contributed by atoms with Crippen LogP contribution in [0.4, 0.5) is 4.79 Å². The van der Waals surface area contributed by atoms with Crippen molar-refractivity contribution >= 4 is 6.16 Å². The summed E-state index contributed by atoms with van der Waals surface area (Å²) in [5, 5.41) is 0. The highest BCUT2D eigenvalue weighted by Gasteiger charge is 2.11. The van der Waals surface area contributed by atoms with E-state index in [9.17, 15) is 4.79 Å². The van der Waals surface area contributed by atoms with E-state index < -0.39 is 6.16 Å². The lowest BCUT2D eigenvalue weighted by molar-refractivity contribution is 0.121. The van der Waals surface area contributed by atoms with Crippen LogP contribution in [0.25, 0.3) is 11.1 Å². The molecule has 106 valence electrons. The molecular weight excluding hydrogens is 252 g/mol. The number of hydrogen-bond donors (Lipinski definition) is 0. The molecule has 0 saturated carbocycles. The summed E-state index contributed by atoms with van der Waals surface area (Å²) in [5.41, 5.74) is 3.58. The topological polar surface area (TPSA) is 35.5 Å². The molecular formula is C17H20O3. The van der Waals surface area contributed by atoms with E-state index in [-0.39, 0.29) is 0 Å². The summed E-state index contributed by atoms with van der Waals surface area (Å²) >= 11 is 0. The van der Waals surface area contributed by atoms with Crippen LogP contribution < -0.4 is 4.74 Å². The van der Waals surface area contributed by atoms with Crippen LogP contribution in [0, 0.1) is 5.92 Å². The quantitative estimate of drug-likeness (QED) is 0.767. The Hall–Kier alpha value is -2.03. The van der Waals surface area contributed by atoms with Gasteiger partial charge in [-0.1, -0.05) is 38.1 Å². The molecule has 0 unspecified atom stereocenters. The molecule has 0 radical (unpaired) electrons. The van der Waals surface area contributed by atoms with Crippen molar-refractivity contribution in [2.45, 2.75) is 26.7 Å². The molecule has 0 aromatic rings. The highest BCUT2D eigenvalue weighted by Crippen LogP contribution is 2.31. The molecule has 3 nitrogen and oxygen atoms in total. The second-order valence-electron chi connectivity index (χ2n) is 5.29. The van der Waals surface area contributed by atoms with Gasteiger partial charge in [-0.05, 0) is 47.6 Å². The minimum Gasteiger partial charge on any atom is -0.437 e. The molecule has 0 atom stereocenters. The average Bonchev–Trinajstić information content (AvgIpc) is 2.67. The molecule has 0 aromatic carbocycles. The number of ether oxygens (including phenoxy) is 2. The monoisotopic (exact) mass is 272 g/mol. The SMILES string of the molecule is COC(=O)Oc1cccc2ccc(CCC(C)C)c-2c1. The smallest absolute Gasteiger partial charge is 0.437 e. The Morgan fingerprint density at radius 1 is 1.20 bits per heavy atom. The molecule has 3 heteroatoms. The predicted molar refractivity (Wildman–Crippen MR) is 79.3 cm³/mol. The Kier molecular flexibility index (Phi) is 4.61. The van der Waals surface area contributed by atoms with E-state index in [1.807, 2.05) is 18.2 Å². The number of hydrogen-bond acceptors (Lipinski definition) is 3. The van der Waals surface area contributed by atoms with Crippen LogP contribution >= 0.6 is 0 Å². The molecule has 0 bridgehead atoms.